The van der Waals surface area contributed by atoms with E-state index in [-0.39, 0.29) is 17.7 Å². The number of likely N-dealkylation sites (tertiary alicyclic amines) is 1. The van der Waals surface area contributed by atoms with Gasteiger partial charge in [0.1, 0.15) is 5.75 Å². The Hall–Kier alpha value is -3.35. The summed E-state index contributed by atoms with van der Waals surface area (Å²) in [6, 6.07) is 10.1. The van der Waals surface area contributed by atoms with Crippen molar-refractivity contribution in [1.82, 2.24) is 14.9 Å². The van der Waals surface area contributed by atoms with Crippen molar-refractivity contribution >= 4 is 22.9 Å². The number of rotatable bonds is 2. The summed E-state index contributed by atoms with van der Waals surface area (Å²) in [4.78, 5) is 34.4. The fraction of sp³-hybridized carbons (Fsp3) is 0.286. The second kappa shape index (κ2) is 5.82. The summed E-state index contributed by atoms with van der Waals surface area (Å²) in [5.74, 6) is -0.915. The maximum atomic E-state index is 13.2. The van der Waals surface area contributed by atoms with E-state index in [1.54, 1.807) is 41.6 Å². The van der Waals surface area contributed by atoms with Gasteiger partial charge in [-0.2, -0.15) is 0 Å². The quantitative estimate of drug-likeness (QED) is 0.636. The minimum Gasteiger partial charge on any atom is -0.508 e. The monoisotopic (exact) mass is 377 g/mol. The summed E-state index contributed by atoms with van der Waals surface area (Å²) in [6.07, 6.45) is 2.86. The first-order valence-corrected chi connectivity index (χ1v) is 9.28. The fourth-order valence-corrected chi connectivity index (χ4v) is 4.79. The molecule has 2 heterocycles. The van der Waals surface area contributed by atoms with Crippen molar-refractivity contribution in [2.24, 2.45) is 0 Å². The van der Waals surface area contributed by atoms with Gasteiger partial charge >= 0.3 is 5.97 Å². The summed E-state index contributed by atoms with van der Waals surface area (Å²) < 4.78 is 0. The van der Waals surface area contributed by atoms with E-state index < -0.39 is 11.4 Å². The first-order chi connectivity index (χ1) is 13.5. The number of carboxylic acids is 1. The number of H-pyrrole nitrogens is 1. The SMILES string of the molecule is O=C(c1ccc2nc[nH]c2c1)N1CCC2(C(=O)O)CC1Cc1ccc(O)cc12. The summed E-state index contributed by atoms with van der Waals surface area (Å²) in [5.41, 5.74) is 2.68. The number of aromatic nitrogens is 2. The summed E-state index contributed by atoms with van der Waals surface area (Å²) in [7, 11) is 0. The maximum Gasteiger partial charge on any atom is 0.314 e. The molecule has 1 aromatic heterocycles. The molecule has 1 aliphatic carbocycles. The molecule has 1 saturated heterocycles. The average Bonchev–Trinajstić information content (AvgIpc) is 3.16. The number of imidazole rings is 1. The topological polar surface area (TPSA) is 107 Å². The molecule has 3 aromatic rings. The van der Waals surface area contributed by atoms with Gasteiger partial charge in [-0.15, -0.1) is 0 Å². The van der Waals surface area contributed by atoms with Crippen LogP contribution < -0.4 is 0 Å². The van der Waals surface area contributed by atoms with Gasteiger partial charge in [-0.05, 0) is 60.7 Å². The summed E-state index contributed by atoms with van der Waals surface area (Å²) in [6.45, 7) is 0.367. The zero-order chi connectivity index (χ0) is 19.5. The number of hydrogen-bond donors (Lipinski definition) is 3. The Morgan fingerprint density at radius 3 is 2.89 bits per heavy atom. The molecular weight excluding hydrogens is 358 g/mol. The molecule has 0 radical (unpaired) electrons. The number of carbonyl (C=O) groups is 2. The first kappa shape index (κ1) is 16.8. The maximum absolute atomic E-state index is 13.2. The highest BCUT2D eigenvalue weighted by molar-refractivity contribution is 5.98. The molecule has 3 N–H and O–H groups in total. The van der Waals surface area contributed by atoms with Crippen molar-refractivity contribution in [3.8, 4) is 5.75 Å². The van der Waals surface area contributed by atoms with Gasteiger partial charge in [-0.1, -0.05) is 6.07 Å². The zero-order valence-electron chi connectivity index (χ0n) is 15.1. The van der Waals surface area contributed by atoms with Crippen LogP contribution in [0.15, 0.2) is 42.7 Å². The molecule has 2 aliphatic rings. The predicted octanol–water partition coefficient (Wildman–Crippen LogP) is 2.45. The standard InChI is InChI=1S/C21H19N3O4/c25-15-3-1-12-7-14-10-21(20(27)28,16(12)9-15)5-6-24(14)19(26)13-2-4-17-18(8-13)23-11-22-17/h1-4,8-9,11,14,25H,5-7,10H2,(H,22,23)(H,27,28). The van der Waals surface area contributed by atoms with Crippen molar-refractivity contribution in [2.75, 3.05) is 6.54 Å². The van der Waals surface area contributed by atoms with E-state index in [4.69, 9.17) is 0 Å². The van der Waals surface area contributed by atoms with E-state index in [2.05, 4.69) is 9.97 Å². The number of aromatic amines is 1. The predicted molar refractivity (Wildman–Crippen MR) is 101 cm³/mol. The molecule has 28 heavy (non-hydrogen) atoms. The molecule has 1 aliphatic heterocycles. The van der Waals surface area contributed by atoms with Crippen LogP contribution in [-0.2, 0) is 16.6 Å². The number of hydrogen-bond acceptors (Lipinski definition) is 4. The Morgan fingerprint density at radius 1 is 1.21 bits per heavy atom. The fourth-order valence-electron chi connectivity index (χ4n) is 4.79. The lowest BCUT2D eigenvalue weighted by molar-refractivity contribution is -0.147. The number of amides is 1. The lowest BCUT2D eigenvalue weighted by Gasteiger charge is -2.49. The molecule has 0 spiro atoms. The van der Waals surface area contributed by atoms with Crippen molar-refractivity contribution in [1.29, 1.82) is 0 Å². The third-order valence-corrected chi connectivity index (χ3v) is 6.21. The van der Waals surface area contributed by atoms with Gasteiger partial charge in [0.2, 0.25) is 0 Å². The van der Waals surface area contributed by atoms with Crippen molar-refractivity contribution in [3.05, 3.63) is 59.4 Å². The molecule has 5 rings (SSSR count). The molecule has 1 fully saturated rings. The van der Waals surface area contributed by atoms with Gasteiger partial charge in [-0.3, -0.25) is 9.59 Å². The third kappa shape index (κ3) is 2.32. The number of piperidine rings is 1. The van der Waals surface area contributed by atoms with E-state index in [1.807, 2.05) is 6.07 Å². The van der Waals surface area contributed by atoms with Crippen LogP contribution in [0.4, 0.5) is 0 Å². The van der Waals surface area contributed by atoms with Crippen LogP contribution in [0.25, 0.3) is 11.0 Å². The van der Waals surface area contributed by atoms with E-state index in [1.165, 1.54) is 0 Å². The molecule has 2 unspecified atom stereocenters. The zero-order valence-corrected chi connectivity index (χ0v) is 15.1. The molecule has 2 aromatic carbocycles. The van der Waals surface area contributed by atoms with Crippen LogP contribution in [0.1, 0.15) is 34.3 Å². The number of aliphatic carboxylic acids is 1. The van der Waals surface area contributed by atoms with Crippen LogP contribution in [0.3, 0.4) is 0 Å². The van der Waals surface area contributed by atoms with Gasteiger partial charge < -0.3 is 20.1 Å². The Kier molecular flexibility index (Phi) is 3.49. The van der Waals surface area contributed by atoms with E-state index >= 15 is 0 Å². The van der Waals surface area contributed by atoms with Crippen molar-refractivity contribution in [3.63, 3.8) is 0 Å². The number of nitrogens with one attached hydrogen (secondary N) is 1. The molecular formula is C21H19N3O4. The second-order valence-corrected chi connectivity index (χ2v) is 7.67. The van der Waals surface area contributed by atoms with Gasteiger partial charge in [0.25, 0.3) is 5.91 Å². The Morgan fingerprint density at radius 2 is 2.07 bits per heavy atom. The highest BCUT2D eigenvalue weighted by atomic mass is 16.4. The number of phenols is 1. The Balaban J connectivity index is 1.52. The van der Waals surface area contributed by atoms with Crippen LogP contribution in [0, 0.1) is 0 Å². The van der Waals surface area contributed by atoms with Gasteiger partial charge in [0.15, 0.2) is 0 Å². The number of aromatic hydroxyl groups is 1. The van der Waals surface area contributed by atoms with E-state index in [9.17, 15) is 19.8 Å². The Labute approximate surface area is 160 Å². The second-order valence-electron chi connectivity index (χ2n) is 7.67. The number of fused-ring (bicyclic) bond motifs is 5. The van der Waals surface area contributed by atoms with Crippen LogP contribution in [0.2, 0.25) is 0 Å². The van der Waals surface area contributed by atoms with Crippen LogP contribution >= 0.6 is 0 Å². The number of carbonyl (C=O) groups excluding carboxylic acids is 1. The van der Waals surface area contributed by atoms with Crippen molar-refractivity contribution in [2.45, 2.75) is 30.7 Å². The lowest BCUT2D eigenvalue weighted by atomic mass is 9.63. The van der Waals surface area contributed by atoms with Crippen molar-refractivity contribution < 1.29 is 19.8 Å². The number of benzene rings is 2. The van der Waals surface area contributed by atoms with Gasteiger partial charge in [0.05, 0.1) is 22.8 Å². The van der Waals surface area contributed by atoms with E-state index in [0.29, 0.717) is 36.9 Å². The van der Waals surface area contributed by atoms with Crippen LogP contribution in [-0.4, -0.2) is 49.5 Å². The minimum absolute atomic E-state index is 0.0733. The normalized spacial score (nSPS) is 23.4. The average molecular weight is 377 g/mol. The molecule has 2 atom stereocenters. The van der Waals surface area contributed by atoms with Gasteiger partial charge in [0, 0.05) is 18.2 Å². The first-order valence-electron chi connectivity index (χ1n) is 9.28. The summed E-state index contributed by atoms with van der Waals surface area (Å²) in [5, 5.41) is 19.9. The van der Waals surface area contributed by atoms with Gasteiger partial charge in [-0.25, -0.2) is 4.98 Å². The van der Waals surface area contributed by atoms with Crippen LogP contribution in [0.5, 0.6) is 5.75 Å². The Bertz CT molecular complexity index is 1120. The molecule has 0 saturated carbocycles. The molecule has 7 nitrogen and oxygen atoms in total. The summed E-state index contributed by atoms with van der Waals surface area (Å²) >= 11 is 0. The highest BCUT2D eigenvalue weighted by Crippen LogP contribution is 2.46. The molecule has 2 bridgehead atoms. The minimum atomic E-state index is -1.05. The number of nitrogens with zero attached hydrogens (tertiary/aromatic N) is 2. The molecule has 1 amide bonds. The largest absolute Gasteiger partial charge is 0.508 e. The molecule has 142 valence electrons. The number of carboxylic acid groups (broad SMARTS) is 1. The lowest BCUT2D eigenvalue weighted by Crippen LogP contribution is -2.57. The third-order valence-electron chi connectivity index (χ3n) is 6.21. The van der Waals surface area contributed by atoms with E-state index in [0.717, 1.165) is 16.6 Å². The number of phenolic OH excluding ortho intramolecular Hbond substituents is 1. The molecule has 7 heteroatoms. The highest BCUT2D eigenvalue weighted by Gasteiger charge is 2.52. The smallest absolute Gasteiger partial charge is 0.314 e.